The number of nitrogens with one attached hydrogen (secondary N) is 1. The molecule has 2 aliphatic rings. The van der Waals surface area contributed by atoms with Crippen molar-refractivity contribution in [1.82, 2.24) is 10.2 Å². The maximum absolute atomic E-state index is 5.28. The van der Waals surface area contributed by atoms with E-state index in [1.165, 1.54) is 52.0 Å². The molecule has 3 heteroatoms. The van der Waals surface area contributed by atoms with Crippen LogP contribution in [0, 0.1) is 17.3 Å². The van der Waals surface area contributed by atoms with Crippen molar-refractivity contribution in [2.45, 2.75) is 33.1 Å². The molecule has 0 aromatic carbocycles. The van der Waals surface area contributed by atoms with Crippen LogP contribution in [0.4, 0.5) is 0 Å². The van der Waals surface area contributed by atoms with Gasteiger partial charge in [0, 0.05) is 20.2 Å². The highest BCUT2D eigenvalue weighted by atomic mass is 16.5. The lowest BCUT2D eigenvalue weighted by Gasteiger charge is -2.40. The number of nitrogens with zero attached hydrogens (tertiary/aromatic N) is 1. The smallest absolute Gasteiger partial charge is 0.0503 e. The van der Waals surface area contributed by atoms with Gasteiger partial charge in [0.1, 0.15) is 0 Å². The topological polar surface area (TPSA) is 24.5 Å². The molecule has 2 heterocycles. The summed E-state index contributed by atoms with van der Waals surface area (Å²) in [6.45, 7) is 12.0. The van der Waals surface area contributed by atoms with Crippen LogP contribution in [0.5, 0.6) is 0 Å². The number of rotatable bonds is 5. The summed E-state index contributed by atoms with van der Waals surface area (Å²) in [7, 11) is 1.82. The predicted molar refractivity (Wildman–Crippen MR) is 75.8 cm³/mol. The van der Waals surface area contributed by atoms with Gasteiger partial charge in [-0.25, -0.2) is 0 Å². The van der Waals surface area contributed by atoms with E-state index in [4.69, 9.17) is 4.74 Å². The van der Waals surface area contributed by atoms with E-state index in [0.717, 1.165) is 18.4 Å². The second-order valence-electron chi connectivity index (χ2n) is 6.88. The van der Waals surface area contributed by atoms with Crippen molar-refractivity contribution in [1.29, 1.82) is 0 Å². The first-order valence-corrected chi connectivity index (χ1v) is 7.54. The van der Waals surface area contributed by atoms with Crippen molar-refractivity contribution in [2.75, 3.05) is 46.4 Å². The second kappa shape index (κ2) is 6.36. The molecule has 0 saturated carbocycles. The Morgan fingerprint density at radius 3 is 2.83 bits per heavy atom. The lowest BCUT2D eigenvalue weighted by atomic mass is 9.74. The van der Waals surface area contributed by atoms with E-state index < -0.39 is 0 Å². The Kier molecular flexibility index (Phi) is 5.05. The molecule has 2 aliphatic heterocycles. The van der Waals surface area contributed by atoms with E-state index in [0.29, 0.717) is 5.41 Å². The molecule has 0 aliphatic carbocycles. The summed E-state index contributed by atoms with van der Waals surface area (Å²) in [5, 5.41) is 3.56. The third-order valence-corrected chi connectivity index (χ3v) is 4.81. The molecule has 1 N–H and O–H groups in total. The minimum atomic E-state index is 0.440. The Labute approximate surface area is 112 Å². The summed E-state index contributed by atoms with van der Waals surface area (Å²) >= 11 is 0. The van der Waals surface area contributed by atoms with Crippen LogP contribution in [0.25, 0.3) is 0 Å². The van der Waals surface area contributed by atoms with E-state index in [2.05, 4.69) is 24.1 Å². The summed E-state index contributed by atoms with van der Waals surface area (Å²) < 4.78 is 5.28. The van der Waals surface area contributed by atoms with Crippen molar-refractivity contribution in [3.63, 3.8) is 0 Å². The van der Waals surface area contributed by atoms with E-state index in [-0.39, 0.29) is 0 Å². The maximum Gasteiger partial charge on any atom is 0.0503 e. The Morgan fingerprint density at radius 1 is 1.33 bits per heavy atom. The van der Waals surface area contributed by atoms with Crippen molar-refractivity contribution in [3.05, 3.63) is 0 Å². The Hall–Kier alpha value is -0.120. The number of likely N-dealkylation sites (tertiary alicyclic amines) is 1. The zero-order valence-corrected chi connectivity index (χ0v) is 12.4. The van der Waals surface area contributed by atoms with Gasteiger partial charge in [-0.2, -0.15) is 0 Å². The summed E-state index contributed by atoms with van der Waals surface area (Å²) in [5.74, 6) is 1.60. The first kappa shape index (κ1) is 14.3. The summed E-state index contributed by atoms with van der Waals surface area (Å²) in [6.07, 6.45) is 4.06. The van der Waals surface area contributed by atoms with Gasteiger partial charge in [-0.05, 0) is 56.1 Å². The van der Waals surface area contributed by atoms with E-state index in [1.54, 1.807) is 0 Å². The highest BCUT2D eigenvalue weighted by Crippen LogP contribution is 2.34. The minimum Gasteiger partial charge on any atom is -0.384 e. The molecule has 18 heavy (non-hydrogen) atoms. The molecule has 2 rings (SSSR count). The number of methoxy groups -OCH3 is 1. The molecule has 2 fully saturated rings. The van der Waals surface area contributed by atoms with Crippen molar-refractivity contribution in [2.24, 2.45) is 17.3 Å². The molecule has 106 valence electrons. The molecule has 0 aromatic heterocycles. The van der Waals surface area contributed by atoms with Gasteiger partial charge in [-0.15, -0.1) is 0 Å². The van der Waals surface area contributed by atoms with Crippen LogP contribution >= 0.6 is 0 Å². The number of piperidine rings is 1. The van der Waals surface area contributed by atoms with E-state index >= 15 is 0 Å². The summed E-state index contributed by atoms with van der Waals surface area (Å²) in [6, 6.07) is 0. The second-order valence-corrected chi connectivity index (χ2v) is 6.88. The predicted octanol–water partition coefficient (Wildman–Crippen LogP) is 1.98. The number of ether oxygens (including phenoxy) is 1. The first-order chi connectivity index (χ1) is 8.62. The van der Waals surface area contributed by atoms with Gasteiger partial charge >= 0.3 is 0 Å². The monoisotopic (exact) mass is 254 g/mol. The summed E-state index contributed by atoms with van der Waals surface area (Å²) in [5.41, 5.74) is 0.440. The van der Waals surface area contributed by atoms with Crippen molar-refractivity contribution >= 4 is 0 Å². The fourth-order valence-electron chi connectivity index (χ4n) is 3.65. The van der Waals surface area contributed by atoms with Crippen LogP contribution in [0.3, 0.4) is 0 Å². The van der Waals surface area contributed by atoms with Crippen LogP contribution in [0.15, 0.2) is 0 Å². The van der Waals surface area contributed by atoms with E-state index in [9.17, 15) is 0 Å². The SMILES string of the molecule is COCC1CCN(CC(C)(C)C2CCCNC2)C1. The van der Waals surface area contributed by atoms with Gasteiger partial charge in [0.05, 0.1) is 6.61 Å². The largest absolute Gasteiger partial charge is 0.384 e. The standard InChI is InChI=1S/C15H30N2O/c1-15(2,14-5-4-7-16-9-14)12-17-8-6-13(10-17)11-18-3/h13-14,16H,4-12H2,1-3H3. The third-order valence-electron chi connectivity index (χ3n) is 4.81. The average molecular weight is 254 g/mol. The van der Waals surface area contributed by atoms with Crippen LogP contribution < -0.4 is 5.32 Å². The highest BCUT2D eigenvalue weighted by molar-refractivity contribution is 4.87. The minimum absolute atomic E-state index is 0.440. The van der Waals surface area contributed by atoms with Crippen molar-refractivity contribution < 1.29 is 4.74 Å². The molecule has 2 unspecified atom stereocenters. The zero-order valence-electron chi connectivity index (χ0n) is 12.4. The fourth-order valence-corrected chi connectivity index (χ4v) is 3.65. The summed E-state index contributed by atoms with van der Waals surface area (Å²) in [4.78, 5) is 2.65. The Morgan fingerprint density at radius 2 is 2.17 bits per heavy atom. The number of hydrogen-bond acceptors (Lipinski definition) is 3. The molecule has 2 atom stereocenters. The van der Waals surface area contributed by atoms with E-state index in [1.807, 2.05) is 7.11 Å². The molecule has 0 radical (unpaired) electrons. The molecule has 2 saturated heterocycles. The Bertz CT molecular complexity index is 249. The average Bonchev–Trinajstić information content (AvgIpc) is 2.77. The molecular formula is C15H30N2O. The van der Waals surface area contributed by atoms with Crippen LogP contribution in [-0.4, -0.2) is 51.3 Å². The maximum atomic E-state index is 5.28. The van der Waals surface area contributed by atoms with Crippen LogP contribution in [0.1, 0.15) is 33.1 Å². The fraction of sp³-hybridized carbons (Fsp3) is 1.00. The molecule has 0 spiro atoms. The van der Waals surface area contributed by atoms with Gasteiger partial charge in [0.15, 0.2) is 0 Å². The molecular weight excluding hydrogens is 224 g/mol. The third kappa shape index (κ3) is 3.69. The molecule has 3 nitrogen and oxygen atoms in total. The first-order valence-electron chi connectivity index (χ1n) is 7.54. The molecule has 0 amide bonds. The molecule has 0 bridgehead atoms. The number of hydrogen-bond donors (Lipinski definition) is 1. The van der Waals surface area contributed by atoms with Crippen LogP contribution in [0.2, 0.25) is 0 Å². The van der Waals surface area contributed by atoms with Gasteiger partial charge in [-0.1, -0.05) is 13.8 Å². The normalized spacial score (nSPS) is 30.8. The van der Waals surface area contributed by atoms with Gasteiger partial charge in [0.2, 0.25) is 0 Å². The highest BCUT2D eigenvalue weighted by Gasteiger charge is 2.34. The lowest BCUT2D eigenvalue weighted by Crippen LogP contribution is -2.44. The molecule has 0 aromatic rings. The quantitative estimate of drug-likeness (QED) is 0.812. The van der Waals surface area contributed by atoms with Gasteiger partial charge in [0.25, 0.3) is 0 Å². The zero-order chi connectivity index (χ0) is 13.0. The Balaban J connectivity index is 1.80. The van der Waals surface area contributed by atoms with Crippen LogP contribution in [-0.2, 0) is 4.74 Å². The van der Waals surface area contributed by atoms with Crippen molar-refractivity contribution in [3.8, 4) is 0 Å². The lowest BCUT2D eigenvalue weighted by molar-refractivity contribution is 0.105. The van der Waals surface area contributed by atoms with Gasteiger partial charge < -0.3 is 15.0 Å². The van der Waals surface area contributed by atoms with Gasteiger partial charge in [-0.3, -0.25) is 0 Å².